The van der Waals surface area contributed by atoms with Crippen LogP contribution in [-0.2, 0) is 13.1 Å². The van der Waals surface area contributed by atoms with Crippen molar-refractivity contribution in [3.63, 3.8) is 0 Å². The van der Waals surface area contributed by atoms with Gasteiger partial charge in [-0.3, -0.25) is 14.6 Å². The summed E-state index contributed by atoms with van der Waals surface area (Å²) in [4.78, 5) is 23.9. The smallest absolute Gasteiger partial charge is 0.273 e. The highest BCUT2D eigenvalue weighted by Gasteiger charge is 2.23. The average Bonchev–Trinajstić information content (AvgIpc) is 3.54. The largest absolute Gasteiger partial charge is 0.454 e. The number of rotatable bonds is 9. The van der Waals surface area contributed by atoms with Gasteiger partial charge in [0, 0.05) is 45.8 Å². The zero-order valence-electron chi connectivity index (χ0n) is 20.2. The van der Waals surface area contributed by atoms with Crippen molar-refractivity contribution in [3.05, 3.63) is 41.6 Å². The number of aliphatic hydroxyl groups excluding tert-OH is 1. The molecule has 1 aromatic carbocycles. The van der Waals surface area contributed by atoms with Crippen molar-refractivity contribution >= 4 is 5.91 Å². The summed E-state index contributed by atoms with van der Waals surface area (Å²) in [6.45, 7) is 8.44. The fourth-order valence-electron chi connectivity index (χ4n) is 4.93. The molecule has 10 nitrogen and oxygen atoms in total. The molecule has 3 aliphatic heterocycles. The molecule has 3 aliphatic rings. The number of β-amino-alcohol motifs (C(OH)–C–C–N with tert-alkyl or cyclic N) is 1. The minimum Gasteiger partial charge on any atom is -0.454 e. The number of nitrogens with one attached hydrogen (secondary N) is 1. The quantitative estimate of drug-likeness (QED) is 0.544. The SMILES string of the molecule is O=C(NCc1ccc2c(c1)OCO2)c1coc(CN2CCN(C[C@H](O)CN3CCCCC3)CC2)n1. The number of carbonyl (C=O) groups excluding carboxylic acids is 1. The molecule has 190 valence electrons. The van der Waals surface area contributed by atoms with Gasteiger partial charge in [0.25, 0.3) is 5.91 Å². The third kappa shape index (κ3) is 6.52. The predicted octanol–water partition coefficient (Wildman–Crippen LogP) is 1.30. The second kappa shape index (κ2) is 11.4. The van der Waals surface area contributed by atoms with Crippen LogP contribution in [-0.4, -0.2) is 96.0 Å². The van der Waals surface area contributed by atoms with Crippen LogP contribution >= 0.6 is 0 Å². The number of piperidine rings is 1. The maximum Gasteiger partial charge on any atom is 0.273 e. The number of ether oxygens (including phenoxy) is 2. The summed E-state index contributed by atoms with van der Waals surface area (Å²) < 4.78 is 16.3. The molecule has 2 aromatic rings. The first-order valence-electron chi connectivity index (χ1n) is 12.6. The highest BCUT2D eigenvalue weighted by atomic mass is 16.7. The highest BCUT2D eigenvalue weighted by Crippen LogP contribution is 2.32. The van der Waals surface area contributed by atoms with Gasteiger partial charge in [0.1, 0.15) is 6.26 Å². The predicted molar refractivity (Wildman–Crippen MR) is 128 cm³/mol. The van der Waals surface area contributed by atoms with E-state index >= 15 is 0 Å². The van der Waals surface area contributed by atoms with E-state index in [0.29, 0.717) is 24.7 Å². The second-order valence-electron chi connectivity index (χ2n) is 9.59. The molecule has 1 aromatic heterocycles. The zero-order chi connectivity index (χ0) is 24.0. The maximum absolute atomic E-state index is 12.5. The van der Waals surface area contributed by atoms with Gasteiger partial charge in [-0.05, 0) is 43.6 Å². The Morgan fingerprint density at radius 1 is 0.971 bits per heavy atom. The minimum atomic E-state index is -0.301. The number of hydrogen-bond acceptors (Lipinski definition) is 9. The average molecular weight is 486 g/mol. The van der Waals surface area contributed by atoms with Crippen LogP contribution in [0.4, 0.5) is 0 Å². The van der Waals surface area contributed by atoms with Crippen LogP contribution in [0.15, 0.2) is 28.9 Å². The number of fused-ring (bicyclic) bond motifs is 1. The van der Waals surface area contributed by atoms with Crippen molar-refractivity contribution in [1.29, 1.82) is 0 Å². The van der Waals surface area contributed by atoms with Crippen LogP contribution in [0.25, 0.3) is 0 Å². The minimum absolute atomic E-state index is 0.225. The zero-order valence-corrected chi connectivity index (χ0v) is 20.2. The molecule has 0 unspecified atom stereocenters. The summed E-state index contributed by atoms with van der Waals surface area (Å²) in [6, 6.07) is 5.60. The molecule has 0 aliphatic carbocycles. The van der Waals surface area contributed by atoms with E-state index in [2.05, 4.69) is 25.0 Å². The Morgan fingerprint density at radius 2 is 1.69 bits per heavy atom. The van der Waals surface area contributed by atoms with Gasteiger partial charge in [-0.2, -0.15) is 0 Å². The topological polar surface area (TPSA) is 104 Å². The number of nitrogens with zero attached hydrogens (tertiary/aromatic N) is 4. The molecular weight excluding hydrogens is 450 g/mol. The third-order valence-electron chi connectivity index (χ3n) is 6.88. The monoisotopic (exact) mass is 485 g/mol. The lowest BCUT2D eigenvalue weighted by atomic mass is 10.1. The van der Waals surface area contributed by atoms with Crippen molar-refractivity contribution in [1.82, 2.24) is 25.0 Å². The Morgan fingerprint density at radius 3 is 2.49 bits per heavy atom. The number of amides is 1. The van der Waals surface area contributed by atoms with Gasteiger partial charge in [0.2, 0.25) is 12.7 Å². The Balaban J connectivity index is 1.02. The van der Waals surface area contributed by atoms with Crippen LogP contribution < -0.4 is 14.8 Å². The molecule has 10 heteroatoms. The van der Waals surface area contributed by atoms with Crippen molar-refractivity contribution in [2.24, 2.45) is 0 Å². The van der Waals surface area contributed by atoms with Gasteiger partial charge in [-0.15, -0.1) is 0 Å². The highest BCUT2D eigenvalue weighted by molar-refractivity contribution is 5.91. The van der Waals surface area contributed by atoms with Crippen molar-refractivity contribution in [2.45, 2.75) is 38.5 Å². The normalized spacial score (nSPS) is 20.1. The Hall–Kier alpha value is -2.66. The first-order valence-corrected chi connectivity index (χ1v) is 12.6. The summed E-state index contributed by atoms with van der Waals surface area (Å²) in [5.74, 6) is 1.68. The molecule has 1 atom stereocenters. The number of piperazine rings is 1. The number of benzene rings is 1. The fourth-order valence-corrected chi connectivity index (χ4v) is 4.93. The standard InChI is InChI=1S/C25H35N5O5/c31-20(14-28-6-2-1-3-7-28)15-29-8-10-30(11-9-29)16-24-27-21(17-33-24)25(32)26-13-19-4-5-22-23(12-19)35-18-34-22/h4-5,12,17,20,31H,1-3,6-11,13-16,18H2,(H,26,32)/t20-/m1/s1. The lowest BCUT2D eigenvalue weighted by Crippen LogP contribution is -2.50. The third-order valence-corrected chi connectivity index (χ3v) is 6.88. The van der Waals surface area contributed by atoms with E-state index in [1.807, 2.05) is 18.2 Å². The molecule has 2 saturated heterocycles. The number of aliphatic hydroxyl groups is 1. The van der Waals surface area contributed by atoms with E-state index in [1.54, 1.807) is 0 Å². The molecule has 1 amide bonds. The lowest BCUT2D eigenvalue weighted by Gasteiger charge is -2.36. The molecule has 5 rings (SSSR count). The summed E-state index contributed by atoms with van der Waals surface area (Å²) in [5, 5.41) is 13.4. The van der Waals surface area contributed by atoms with Gasteiger partial charge in [0.05, 0.1) is 12.6 Å². The summed E-state index contributed by atoms with van der Waals surface area (Å²) in [7, 11) is 0. The van der Waals surface area contributed by atoms with Gasteiger partial charge in [-0.1, -0.05) is 12.5 Å². The number of aromatic nitrogens is 1. The Kier molecular flexibility index (Phi) is 7.82. The second-order valence-corrected chi connectivity index (χ2v) is 9.59. The van der Waals surface area contributed by atoms with E-state index in [-0.39, 0.29) is 24.5 Å². The van der Waals surface area contributed by atoms with Crippen molar-refractivity contribution in [3.8, 4) is 11.5 Å². The van der Waals surface area contributed by atoms with E-state index in [1.165, 1.54) is 25.5 Å². The first kappa shape index (κ1) is 24.1. The molecule has 0 bridgehead atoms. The maximum atomic E-state index is 12.5. The Labute approximate surface area is 205 Å². The van der Waals surface area contributed by atoms with E-state index in [4.69, 9.17) is 13.9 Å². The van der Waals surface area contributed by atoms with Crippen molar-refractivity contribution in [2.75, 3.05) is 59.2 Å². The number of oxazole rings is 1. The summed E-state index contributed by atoms with van der Waals surface area (Å²) >= 11 is 0. The molecule has 2 N–H and O–H groups in total. The molecule has 2 fully saturated rings. The number of likely N-dealkylation sites (tertiary alicyclic amines) is 1. The lowest BCUT2D eigenvalue weighted by molar-refractivity contribution is 0.0434. The van der Waals surface area contributed by atoms with E-state index < -0.39 is 0 Å². The van der Waals surface area contributed by atoms with Crippen LogP contribution in [0, 0.1) is 0 Å². The molecule has 35 heavy (non-hydrogen) atoms. The van der Waals surface area contributed by atoms with Gasteiger partial charge < -0.3 is 29.2 Å². The van der Waals surface area contributed by atoms with Crippen molar-refractivity contribution < 1.29 is 23.8 Å². The van der Waals surface area contributed by atoms with Crippen LogP contribution in [0.3, 0.4) is 0 Å². The fraction of sp³-hybridized carbons (Fsp3) is 0.600. The molecule has 0 saturated carbocycles. The molecule has 0 spiro atoms. The number of hydrogen-bond donors (Lipinski definition) is 2. The molecule has 0 radical (unpaired) electrons. The van der Waals surface area contributed by atoms with Gasteiger partial charge >= 0.3 is 0 Å². The van der Waals surface area contributed by atoms with E-state index in [9.17, 15) is 9.90 Å². The summed E-state index contributed by atoms with van der Waals surface area (Å²) in [6.07, 6.45) is 4.92. The van der Waals surface area contributed by atoms with E-state index in [0.717, 1.165) is 63.7 Å². The van der Waals surface area contributed by atoms with Crippen LogP contribution in [0.1, 0.15) is 41.2 Å². The molecule has 4 heterocycles. The summed E-state index contributed by atoms with van der Waals surface area (Å²) in [5.41, 5.74) is 1.20. The van der Waals surface area contributed by atoms with Crippen LogP contribution in [0.5, 0.6) is 11.5 Å². The van der Waals surface area contributed by atoms with Gasteiger partial charge in [0.15, 0.2) is 17.2 Å². The first-order chi connectivity index (χ1) is 17.1. The number of carbonyl (C=O) groups is 1. The Bertz CT molecular complexity index is 984. The van der Waals surface area contributed by atoms with Crippen LogP contribution in [0.2, 0.25) is 0 Å². The molecular formula is C25H35N5O5. The van der Waals surface area contributed by atoms with Gasteiger partial charge in [-0.25, -0.2) is 4.98 Å².